The number of rotatable bonds is 6. The Labute approximate surface area is 187 Å². The summed E-state index contributed by atoms with van der Waals surface area (Å²) in [5.74, 6) is -0.157. The molecule has 1 aromatic carbocycles. The lowest BCUT2D eigenvalue weighted by atomic mass is 9.86. The molecule has 0 spiro atoms. The zero-order valence-electron chi connectivity index (χ0n) is 17.3. The van der Waals surface area contributed by atoms with Gasteiger partial charge in [0.05, 0.1) is 22.8 Å². The van der Waals surface area contributed by atoms with Gasteiger partial charge >= 0.3 is 12.3 Å². The molecule has 174 valence electrons. The Morgan fingerprint density at radius 2 is 1.94 bits per heavy atom. The van der Waals surface area contributed by atoms with E-state index in [0.29, 0.717) is 25.3 Å². The number of aromatic nitrogens is 2. The molecule has 1 aliphatic carbocycles. The van der Waals surface area contributed by atoms with Gasteiger partial charge in [0.1, 0.15) is 0 Å². The number of nitrogens with zero attached hydrogens (tertiary/aromatic N) is 2. The molecular formula is C21H23ClF3N3O4. The Morgan fingerprint density at radius 1 is 1.22 bits per heavy atom. The zero-order valence-corrected chi connectivity index (χ0v) is 18.1. The molecule has 0 atom stereocenters. The number of hydrogen-bond acceptors (Lipinski definition) is 5. The van der Waals surface area contributed by atoms with Crippen LogP contribution in [-0.2, 0) is 17.5 Å². The van der Waals surface area contributed by atoms with E-state index in [-0.39, 0.29) is 29.1 Å². The van der Waals surface area contributed by atoms with Crippen LogP contribution in [0.2, 0.25) is 5.02 Å². The lowest BCUT2D eigenvalue weighted by Gasteiger charge is -2.29. The highest BCUT2D eigenvalue weighted by atomic mass is 35.5. The van der Waals surface area contributed by atoms with E-state index in [1.54, 1.807) is 23.9 Å². The third kappa shape index (κ3) is 6.38. The third-order valence-corrected chi connectivity index (χ3v) is 5.56. The fraction of sp³-hybridized carbons (Fsp3) is 0.476. The molecule has 1 amide bonds. The van der Waals surface area contributed by atoms with E-state index in [9.17, 15) is 22.8 Å². The Bertz CT molecular complexity index is 956. The van der Waals surface area contributed by atoms with Gasteiger partial charge in [0.2, 0.25) is 5.88 Å². The van der Waals surface area contributed by atoms with E-state index in [2.05, 4.69) is 10.4 Å². The van der Waals surface area contributed by atoms with Gasteiger partial charge in [-0.15, -0.1) is 5.10 Å². The normalized spacial score (nSPS) is 18.8. The van der Waals surface area contributed by atoms with E-state index in [1.807, 2.05) is 0 Å². The quantitative estimate of drug-likeness (QED) is 0.592. The first-order valence-electron chi connectivity index (χ1n) is 10.2. The fourth-order valence-electron chi connectivity index (χ4n) is 3.62. The van der Waals surface area contributed by atoms with Crippen molar-refractivity contribution in [2.24, 2.45) is 5.92 Å². The lowest BCUT2D eigenvalue weighted by molar-refractivity contribution is -0.137. The van der Waals surface area contributed by atoms with Crippen molar-refractivity contribution in [1.29, 1.82) is 0 Å². The summed E-state index contributed by atoms with van der Waals surface area (Å²) in [5, 5.41) is 6.96. The second kappa shape index (κ2) is 10.2. The zero-order chi connectivity index (χ0) is 23.3. The van der Waals surface area contributed by atoms with Crippen LogP contribution in [0.25, 0.3) is 0 Å². The number of nitrogens with one attached hydrogen (secondary N) is 1. The van der Waals surface area contributed by atoms with Crippen LogP contribution in [0.5, 0.6) is 5.88 Å². The monoisotopic (exact) mass is 473 g/mol. The molecule has 2 aromatic rings. The standard InChI is InChI=1S/C21H23ClF3N3O4/c1-2-31-20(30)32-18-9-10-28(27-18)12-13-3-6-15(7-4-13)26-19(29)16-11-14(21(23,24)25)5-8-17(16)22/h5,8-11,13,15H,2-4,6-7,12H2,1H3,(H,26,29)/t13-,15-. The first-order valence-corrected chi connectivity index (χ1v) is 10.6. The highest BCUT2D eigenvalue weighted by molar-refractivity contribution is 6.33. The molecule has 1 fully saturated rings. The van der Waals surface area contributed by atoms with Gasteiger partial charge < -0.3 is 14.8 Å². The summed E-state index contributed by atoms with van der Waals surface area (Å²) in [4.78, 5) is 23.8. The van der Waals surface area contributed by atoms with Crippen molar-refractivity contribution in [2.45, 2.75) is 51.4 Å². The van der Waals surface area contributed by atoms with E-state index in [0.717, 1.165) is 31.0 Å². The minimum Gasteiger partial charge on any atom is -0.434 e. The molecule has 0 aliphatic heterocycles. The number of alkyl halides is 3. The van der Waals surface area contributed by atoms with Gasteiger partial charge in [0.25, 0.3) is 5.91 Å². The topological polar surface area (TPSA) is 82.5 Å². The molecule has 1 aromatic heterocycles. The average molecular weight is 474 g/mol. The molecule has 0 saturated heterocycles. The maximum atomic E-state index is 12.9. The summed E-state index contributed by atoms with van der Waals surface area (Å²) in [5.41, 5.74) is -1.10. The number of halogens is 4. The van der Waals surface area contributed by atoms with Gasteiger partial charge in [-0.05, 0) is 56.7 Å². The number of amides is 1. The fourth-order valence-corrected chi connectivity index (χ4v) is 3.83. The molecule has 1 aliphatic rings. The van der Waals surface area contributed by atoms with Crippen molar-refractivity contribution in [3.05, 3.63) is 46.6 Å². The summed E-state index contributed by atoms with van der Waals surface area (Å²) in [6.45, 7) is 2.50. The molecular weight excluding hydrogens is 451 g/mol. The van der Waals surface area contributed by atoms with Crippen LogP contribution >= 0.6 is 11.6 Å². The minimum absolute atomic E-state index is 0.0243. The Hall–Kier alpha value is -2.75. The van der Waals surface area contributed by atoms with Gasteiger partial charge in [-0.3, -0.25) is 9.48 Å². The smallest absolute Gasteiger partial charge is 0.434 e. The van der Waals surface area contributed by atoms with E-state index >= 15 is 0 Å². The lowest BCUT2D eigenvalue weighted by Crippen LogP contribution is -2.38. The Morgan fingerprint density at radius 3 is 2.59 bits per heavy atom. The highest BCUT2D eigenvalue weighted by Gasteiger charge is 2.32. The van der Waals surface area contributed by atoms with Crippen LogP contribution in [0.4, 0.5) is 18.0 Å². The minimum atomic E-state index is -4.55. The largest absolute Gasteiger partial charge is 0.515 e. The molecule has 11 heteroatoms. The third-order valence-electron chi connectivity index (χ3n) is 5.23. The van der Waals surface area contributed by atoms with Crippen molar-refractivity contribution >= 4 is 23.7 Å². The van der Waals surface area contributed by atoms with Crippen molar-refractivity contribution in [3.63, 3.8) is 0 Å². The van der Waals surface area contributed by atoms with E-state index in [4.69, 9.17) is 21.1 Å². The van der Waals surface area contributed by atoms with Crippen LogP contribution in [-0.4, -0.2) is 34.5 Å². The number of ether oxygens (including phenoxy) is 2. The maximum absolute atomic E-state index is 12.9. The van der Waals surface area contributed by atoms with Crippen molar-refractivity contribution in [2.75, 3.05) is 6.61 Å². The SMILES string of the molecule is CCOC(=O)Oc1ccn(C[C@H]2CC[C@H](NC(=O)c3cc(C(F)(F)F)ccc3Cl)CC2)n1. The van der Waals surface area contributed by atoms with Crippen LogP contribution in [0, 0.1) is 5.92 Å². The molecule has 1 N–H and O–H groups in total. The Balaban J connectivity index is 1.50. The summed E-state index contributed by atoms with van der Waals surface area (Å²) in [7, 11) is 0. The van der Waals surface area contributed by atoms with Gasteiger partial charge in [-0.1, -0.05) is 11.6 Å². The maximum Gasteiger partial charge on any atom is 0.515 e. The number of benzene rings is 1. The van der Waals surface area contributed by atoms with Crippen LogP contribution < -0.4 is 10.1 Å². The van der Waals surface area contributed by atoms with Crippen LogP contribution in [0.3, 0.4) is 0 Å². The van der Waals surface area contributed by atoms with Gasteiger partial charge in [0.15, 0.2) is 0 Å². The van der Waals surface area contributed by atoms with Gasteiger partial charge in [-0.25, -0.2) is 4.79 Å². The molecule has 1 saturated carbocycles. The number of carbonyl (C=O) groups excluding carboxylic acids is 2. The summed E-state index contributed by atoms with van der Waals surface area (Å²) < 4.78 is 50.1. The summed E-state index contributed by atoms with van der Waals surface area (Å²) >= 11 is 5.95. The summed E-state index contributed by atoms with van der Waals surface area (Å²) in [6.07, 6.45) is -0.691. The molecule has 0 unspecified atom stereocenters. The van der Waals surface area contributed by atoms with E-state index < -0.39 is 23.8 Å². The highest BCUT2D eigenvalue weighted by Crippen LogP contribution is 2.32. The first kappa shape index (κ1) is 23.9. The first-order chi connectivity index (χ1) is 15.2. The molecule has 32 heavy (non-hydrogen) atoms. The van der Waals surface area contributed by atoms with Gasteiger partial charge in [0, 0.05) is 24.8 Å². The van der Waals surface area contributed by atoms with Crippen molar-refractivity contribution in [1.82, 2.24) is 15.1 Å². The molecule has 3 rings (SSSR count). The Kier molecular flexibility index (Phi) is 7.65. The van der Waals surface area contributed by atoms with Gasteiger partial charge in [-0.2, -0.15) is 13.2 Å². The molecule has 7 nitrogen and oxygen atoms in total. The molecule has 1 heterocycles. The molecule has 0 bridgehead atoms. The van der Waals surface area contributed by atoms with Crippen molar-refractivity contribution < 1.29 is 32.2 Å². The van der Waals surface area contributed by atoms with E-state index in [1.165, 1.54) is 0 Å². The second-order valence-corrected chi connectivity index (χ2v) is 7.95. The predicted molar refractivity (Wildman–Crippen MR) is 110 cm³/mol. The average Bonchev–Trinajstić information content (AvgIpc) is 3.15. The second-order valence-electron chi connectivity index (χ2n) is 7.54. The van der Waals surface area contributed by atoms with Crippen LogP contribution in [0.1, 0.15) is 48.5 Å². The summed E-state index contributed by atoms with van der Waals surface area (Å²) in [6, 6.07) is 4.13. The van der Waals surface area contributed by atoms with Crippen LogP contribution in [0.15, 0.2) is 30.5 Å². The van der Waals surface area contributed by atoms with Crippen molar-refractivity contribution in [3.8, 4) is 5.88 Å². The predicted octanol–water partition coefficient (Wildman–Crippen LogP) is 5.08. The number of hydrogen-bond donors (Lipinski definition) is 1. The number of carbonyl (C=O) groups is 2. The molecule has 0 radical (unpaired) electrons.